The van der Waals surface area contributed by atoms with E-state index in [1.54, 1.807) is 0 Å². The van der Waals surface area contributed by atoms with Crippen LogP contribution in [0.15, 0.2) is 28.8 Å². The highest BCUT2D eigenvalue weighted by atomic mass is 19.4. The average molecular weight is 325 g/mol. The number of halogens is 6. The van der Waals surface area contributed by atoms with E-state index in [-0.39, 0.29) is 17.9 Å². The van der Waals surface area contributed by atoms with Gasteiger partial charge in [-0.25, -0.2) is 0 Å². The van der Waals surface area contributed by atoms with E-state index in [4.69, 9.17) is 0 Å². The highest BCUT2D eigenvalue weighted by Crippen LogP contribution is 2.29. The van der Waals surface area contributed by atoms with E-state index in [9.17, 15) is 26.3 Å². The highest BCUT2D eigenvalue weighted by Gasteiger charge is 2.38. The maximum atomic E-state index is 12.3. The SMILES string of the molecule is FC(F)(F)CNCc1ccc(-c2noc(C(F)(F)F)n2)cc1. The molecule has 0 bridgehead atoms. The van der Waals surface area contributed by atoms with E-state index in [1.165, 1.54) is 24.3 Å². The van der Waals surface area contributed by atoms with Gasteiger partial charge in [-0.3, -0.25) is 0 Å². The molecule has 22 heavy (non-hydrogen) atoms. The van der Waals surface area contributed by atoms with Crippen molar-refractivity contribution in [3.8, 4) is 11.4 Å². The summed E-state index contributed by atoms with van der Waals surface area (Å²) in [6, 6.07) is 5.72. The van der Waals surface area contributed by atoms with Crippen molar-refractivity contribution < 1.29 is 30.9 Å². The van der Waals surface area contributed by atoms with E-state index in [0.29, 0.717) is 5.56 Å². The summed E-state index contributed by atoms with van der Waals surface area (Å²) >= 11 is 0. The number of benzene rings is 1. The molecule has 0 fully saturated rings. The third-order valence-electron chi connectivity index (χ3n) is 2.54. The van der Waals surface area contributed by atoms with Crippen LogP contribution < -0.4 is 5.32 Å². The smallest absolute Gasteiger partial charge is 0.329 e. The molecule has 4 nitrogen and oxygen atoms in total. The van der Waals surface area contributed by atoms with Crippen LogP contribution in [0, 0.1) is 0 Å². The average Bonchev–Trinajstić information content (AvgIpc) is 2.87. The fourth-order valence-corrected chi connectivity index (χ4v) is 1.58. The topological polar surface area (TPSA) is 51.0 Å². The van der Waals surface area contributed by atoms with Gasteiger partial charge in [0.2, 0.25) is 5.82 Å². The summed E-state index contributed by atoms with van der Waals surface area (Å²) in [5, 5.41) is 5.41. The van der Waals surface area contributed by atoms with Crippen molar-refractivity contribution in [2.45, 2.75) is 18.9 Å². The lowest BCUT2D eigenvalue weighted by Crippen LogP contribution is -2.28. The zero-order chi connectivity index (χ0) is 16.4. The standard InChI is InChI=1S/C12H9F6N3O/c13-11(14,15)6-19-5-7-1-3-8(4-2-7)9-20-10(22-21-9)12(16,17)18/h1-4,19H,5-6H2. The van der Waals surface area contributed by atoms with Gasteiger partial charge in [-0.15, -0.1) is 0 Å². The number of aromatic nitrogens is 2. The molecular formula is C12H9F6N3O. The summed E-state index contributed by atoms with van der Waals surface area (Å²) in [5.74, 6) is -1.71. The summed E-state index contributed by atoms with van der Waals surface area (Å²) in [7, 11) is 0. The molecule has 0 radical (unpaired) electrons. The number of rotatable bonds is 4. The molecule has 0 aliphatic heterocycles. The third kappa shape index (κ3) is 4.45. The first-order valence-electron chi connectivity index (χ1n) is 5.93. The van der Waals surface area contributed by atoms with Gasteiger partial charge in [0.15, 0.2) is 0 Å². The van der Waals surface area contributed by atoms with Crippen molar-refractivity contribution in [2.24, 2.45) is 0 Å². The molecule has 1 heterocycles. The number of alkyl halides is 6. The summed E-state index contributed by atoms with van der Waals surface area (Å²) in [5.41, 5.74) is 0.798. The van der Waals surface area contributed by atoms with Crippen LogP contribution in [0.2, 0.25) is 0 Å². The van der Waals surface area contributed by atoms with Gasteiger partial charge in [0.05, 0.1) is 6.54 Å². The second kappa shape index (κ2) is 5.95. The highest BCUT2D eigenvalue weighted by molar-refractivity contribution is 5.54. The second-order valence-corrected chi connectivity index (χ2v) is 4.34. The van der Waals surface area contributed by atoms with Gasteiger partial charge in [-0.1, -0.05) is 29.4 Å². The molecule has 2 aromatic rings. The molecule has 0 atom stereocenters. The van der Waals surface area contributed by atoms with E-state index >= 15 is 0 Å². The first-order chi connectivity index (χ1) is 10.1. The molecule has 0 aliphatic carbocycles. The van der Waals surface area contributed by atoms with Crippen LogP contribution in [-0.2, 0) is 12.7 Å². The van der Waals surface area contributed by atoms with Gasteiger partial charge < -0.3 is 9.84 Å². The summed E-state index contributed by atoms with van der Waals surface area (Å²) in [6.45, 7) is -1.16. The minimum atomic E-state index is -4.73. The van der Waals surface area contributed by atoms with Gasteiger partial charge in [-0.05, 0) is 5.56 Å². The van der Waals surface area contributed by atoms with Crippen LogP contribution in [-0.4, -0.2) is 22.9 Å². The normalized spacial score (nSPS) is 12.6. The number of hydrogen-bond acceptors (Lipinski definition) is 4. The molecule has 1 aromatic carbocycles. The Kier molecular flexibility index (Phi) is 4.40. The second-order valence-electron chi connectivity index (χ2n) is 4.34. The predicted molar refractivity (Wildman–Crippen MR) is 62.5 cm³/mol. The van der Waals surface area contributed by atoms with Crippen LogP contribution in [0.5, 0.6) is 0 Å². The number of nitrogens with one attached hydrogen (secondary N) is 1. The maximum absolute atomic E-state index is 12.3. The third-order valence-corrected chi connectivity index (χ3v) is 2.54. The van der Waals surface area contributed by atoms with Crippen LogP contribution in [0.1, 0.15) is 11.5 Å². The fourth-order valence-electron chi connectivity index (χ4n) is 1.58. The van der Waals surface area contributed by atoms with Crippen molar-refractivity contribution in [3.05, 3.63) is 35.7 Å². The summed E-state index contributed by atoms with van der Waals surface area (Å²) < 4.78 is 76.9. The molecule has 0 saturated carbocycles. The quantitative estimate of drug-likeness (QED) is 0.875. The van der Waals surface area contributed by atoms with Crippen molar-refractivity contribution >= 4 is 0 Å². The Hall–Kier alpha value is -2.10. The molecular weight excluding hydrogens is 316 g/mol. The Balaban J connectivity index is 2.01. The lowest BCUT2D eigenvalue weighted by molar-refractivity contribution is -0.159. The van der Waals surface area contributed by atoms with Crippen molar-refractivity contribution in [1.82, 2.24) is 15.5 Å². The predicted octanol–water partition coefficient (Wildman–Crippen LogP) is 3.41. The van der Waals surface area contributed by atoms with Crippen molar-refractivity contribution in [2.75, 3.05) is 6.54 Å². The molecule has 1 N–H and O–H groups in total. The van der Waals surface area contributed by atoms with Crippen molar-refractivity contribution in [1.29, 1.82) is 0 Å². The van der Waals surface area contributed by atoms with Crippen molar-refractivity contribution in [3.63, 3.8) is 0 Å². The van der Waals surface area contributed by atoms with Crippen LogP contribution in [0.4, 0.5) is 26.3 Å². The van der Waals surface area contributed by atoms with Gasteiger partial charge in [0, 0.05) is 12.1 Å². The zero-order valence-electron chi connectivity index (χ0n) is 10.8. The Bertz CT molecular complexity index is 617. The molecule has 1 aromatic heterocycles. The van der Waals surface area contributed by atoms with Gasteiger partial charge in [-0.2, -0.15) is 31.3 Å². The molecule has 0 aliphatic rings. The van der Waals surface area contributed by atoms with Crippen LogP contribution in [0.25, 0.3) is 11.4 Å². The van der Waals surface area contributed by atoms with E-state index in [0.717, 1.165) is 0 Å². The lowest BCUT2D eigenvalue weighted by atomic mass is 10.1. The maximum Gasteiger partial charge on any atom is 0.471 e. The largest absolute Gasteiger partial charge is 0.471 e. The molecule has 0 unspecified atom stereocenters. The molecule has 0 spiro atoms. The Morgan fingerprint density at radius 2 is 1.64 bits per heavy atom. The first-order valence-corrected chi connectivity index (χ1v) is 5.93. The zero-order valence-corrected chi connectivity index (χ0v) is 10.8. The first kappa shape index (κ1) is 16.3. The van der Waals surface area contributed by atoms with Gasteiger partial charge in [0.1, 0.15) is 0 Å². The fraction of sp³-hybridized carbons (Fsp3) is 0.333. The van der Waals surface area contributed by atoms with E-state index in [2.05, 4.69) is 20.0 Å². The van der Waals surface area contributed by atoms with E-state index < -0.39 is 24.8 Å². The Labute approximate surface area is 120 Å². The minimum absolute atomic E-state index is 0.0279. The summed E-state index contributed by atoms with van der Waals surface area (Å²) in [4.78, 5) is 3.21. The van der Waals surface area contributed by atoms with E-state index in [1.807, 2.05) is 0 Å². The molecule has 0 saturated heterocycles. The molecule has 0 amide bonds. The number of hydrogen-bond donors (Lipinski definition) is 1. The molecule has 10 heteroatoms. The van der Waals surface area contributed by atoms with Gasteiger partial charge in [0.25, 0.3) is 0 Å². The minimum Gasteiger partial charge on any atom is -0.329 e. The van der Waals surface area contributed by atoms with Crippen LogP contribution >= 0.6 is 0 Å². The number of nitrogens with zero attached hydrogens (tertiary/aromatic N) is 2. The van der Waals surface area contributed by atoms with Gasteiger partial charge >= 0.3 is 18.2 Å². The molecule has 2 rings (SSSR count). The summed E-state index contributed by atoms with van der Waals surface area (Å²) in [6.07, 6.45) is -9.04. The Morgan fingerprint density at radius 1 is 1.00 bits per heavy atom. The monoisotopic (exact) mass is 325 g/mol. The Morgan fingerprint density at radius 3 is 2.14 bits per heavy atom. The van der Waals surface area contributed by atoms with Crippen LogP contribution in [0.3, 0.4) is 0 Å². The lowest BCUT2D eigenvalue weighted by Gasteiger charge is -2.08. The molecule has 120 valence electrons.